The van der Waals surface area contributed by atoms with E-state index in [1.807, 2.05) is 49.4 Å². The van der Waals surface area contributed by atoms with E-state index in [-0.39, 0.29) is 11.5 Å². The molecule has 0 atom stereocenters. The minimum absolute atomic E-state index is 0.0335. The molecule has 0 aliphatic carbocycles. The summed E-state index contributed by atoms with van der Waals surface area (Å²) >= 11 is 1.31. The Kier molecular flexibility index (Phi) is 4.40. The van der Waals surface area contributed by atoms with E-state index in [4.69, 9.17) is 0 Å². The predicted octanol–water partition coefficient (Wildman–Crippen LogP) is 4.39. The minimum Gasteiger partial charge on any atom is -0.293 e. The molecule has 23 heavy (non-hydrogen) atoms. The highest BCUT2D eigenvalue weighted by molar-refractivity contribution is 8.00. The second-order valence-electron chi connectivity index (χ2n) is 5.18. The predicted molar refractivity (Wildman–Crippen MR) is 92.7 cm³/mol. The molecule has 112 valence electrons. The van der Waals surface area contributed by atoms with Crippen molar-refractivity contribution in [2.24, 2.45) is 0 Å². The lowest BCUT2D eigenvalue weighted by molar-refractivity contribution is 0.102. The molecule has 0 bridgehead atoms. The third-order valence-corrected chi connectivity index (χ3v) is 4.56. The third-order valence-electron chi connectivity index (χ3n) is 3.57. The van der Waals surface area contributed by atoms with Crippen LogP contribution in [-0.2, 0) is 0 Å². The first-order valence-electron chi connectivity index (χ1n) is 7.20. The van der Waals surface area contributed by atoms with Gasteiger partial charge in [0, 0.05) is 10.9 Å². The molecule has 0 unspecified atom stereocenters. The van der Waals surface area contributed by atoms with Crippen LogP contribution in [0, 0.1) is 18.3 Å². The molecule has 3 aromatic rings. The van der Waals surface area contributed by atoms with Gasteiger partial charge in [-0.1, -0.05) is 60.3 Å². The third kappa shape index (κ3) is 3.25. The molecular weight excluding hydrogens is 304 g/mol. The Labute approximate surface area is 139 Å². The molecule has 0 fully saturated rings. The van der Waals surface area contributed by atoms with Gasteiger partial charge in [-0.15, -0.1) is 0 Å². The first-order valence-corrected chi connectivity index (χ1v) is 8.19. The topological polar surface area (TPSA) is 53.8 Å². The highest BCUT2D eigenvalue weighted by Crippen LogP contribution is 2.26. The Bertz CT molecular complexity index is 914. The average Bonchev–Trinajstić information content (AvgIpc) is 2.60. The van der Waals surface area contributed by atoms with Gasteiger partial charge in [0.25, 0.3) is 0 Å². The number of hydrogen-bond donors (Lipinski definition) is 0. The number of ketones is 1. The van der Waals surface area contributed by atoms with E-state index in [1.165, 1.54) is 11.8 Å². The van der Waals surface area contributed by atoms with E-state index < -0.39 is 0 Å². The van der Waals surface area contributed by atoms with Crippen molar-refractivity contribution in [2.45, 2.75) is 11.9 Å². The average molecular weight is 318 g/mol. The number of benzene rings is 2. The Hall–Kier alpha value is -2.64. The number of aryl methyl sites for hydroxylation is 1. The van der Waals surface area contributed by atoms with Crippen molar-refractivity contribution in [3.63, 3.8) is 0 Å². The molecule has 1 aromatic heterocycles. The van der Waals surface area contributed by atoms with Crippen LogP contribution in [0.3, 0.4) is 0 Å². The highest BCUT2D eigenvalue weighted by Gasteiger charge is 2.12. The molecule has 0 amide bonds. The lowest BCUT2D eigenvalue weighted by Gasteiger charge is -2.07. The van der Waals surface area contributed by atoms with E-state index >= 15 is 0 Å². The van der Waals surface area contributed by atoms with Crippen molar-refractivity contribution in [1.29, 1.82) is 5.26 Å². The van der Waals surface area contributed by atoms with Crippen LogP contribution in [-0.4, -0.2) is 16.5 Å². The maximum atomic E-state index is 12.2. The van der Waals surface area contributed by atoms with Crippen molar-refractivity contribution in [3.8, 4) is 6.07 Å². The quantitative estimate of drug-likeness (QED) is 0.529. The fourth-order valence-corrected chi connectivity index (χ4v) is 3.21. The van der Waals surface area contributed by atoms with Gasteiger partial charge in [0.1, 0.15) is 11.1 Å². The number of hydrogen-bond acceptors (Lipinski definition) is 4. The number of aromatic nitrogens is 1. The molecule has 0 saturated heterocycles. The van der Waals surface area contributed by atoms with Crippen LogP contribution in [0.15, 0.2) is 59.6 Å². The molecule has 0 N–H and O–H groups in total. The van der Waals surface area contributed by atoms with Gasteiger partial charge in [0.05, 0.1) is 16.8 Å². The molecule has 0 saturated carbocycles. The molecule has 3 rings (SSSR count). The number of carbonyl (C=O) groups is 1. The van der Waals surface area contributed by atoms with Gasteiger partial charge in [0.15, 0.2) is 5.78 Å². The van der Waals surface area contributed by atoms with Crippen LogP contribution in [0.4, 0.5) is 0 Å². The van der Waals surface area contributed by atoms with Gasteiger partial charge in [-0.3, -0.25) is 4.79 Å². The van der Waals surface area contributed by atoms with E-state index in [2.05, 4.69) is 11.1 Å². The number of fused-ring (bicyclic) bond motifs is 1. The first-order chi connectivity index (χ1) is 11.2. The fraction of sp³-hybridized carbons (Fsp3) is 0.105. The fourth-order valence-electron chi connectivity index (χ4n) is 2.36. The van der Waals surface area contributed by atoms with Crippen molar-refractivity contribution in [3.05, 3.63) is 71.3 Å². The summed E-state index contributed by atoms with van der Waals surface area (Å²) in [6.45, 7) is 1.99. The molecule has 2 aromatic carbocycles. The number of carbonyl (C=O) groups excluding carboxylic acids is 1. The normalized spacial score (nSPS) is 10.4. The zero-order chi connectivity index (χ0) is 16.2. The van der Waals surface area contributed by atoms with Crippen molar-refractivity contribution in [2.75, 3.05) is 5.75 Å². The number of para-hydroxylation sites is 1. The number of thioether (sulfide) groups is 1. The molecule has 0 spiro atoms. The number of rotatable bonds is 4. The smallest absolute Gasteiger partial charge is 0.173 e. The molecule has 4 heteroatoms. The molecule has 0 aliphatic rings. The van der Waals surface area contributed by atoms with E-state index in [9.17, 15) is 10.1 Å². The summed E-state index contributed by atoms with van der Waals surface area (Å²) in [5, 5.41) is 10.9. The maximum Gasteiger partial charge on any atom is 0.173 e. The largest absolute Gasteiger partial charge is 0.293 e. The standard InChI is InChI=1S/C19H14N2OS/c1-13-6-5-9-15-10-16(11-20)19(21-18(13)15)23-12-17(22)14-7-3-2-4-8-14/h2-10H,12H2,1H3. The van der Waals surface area contributed by atoms with E-state index in [1.54, 1.807) is 12.1 Å². The van der Waals surface area contributed by atoms with Crippen LogP contribution in [0.5, 0.6) is 0 Å². The number of Topliss-reactive ketones (excluding diaryl/α,β-unsaturated/α-hetero) is 1. The van der Waals surface area contributed by atoms with Crippen molar-refractivity contribution < 1.29 is 4.79 Å². The van der Waals surface area contributed by atoms with Gasteiger partial charge in [-0.2, -0.15) is 5.26 Å². The van der Waals surface area contributed by atoms with Crippen LogP contribution >= 0.6 is 11.8 Å². The Morgan fingerprint density at radius 1 is 1.17 bits per heavy atom. The van der Waals surface area contributed by atoms with Crippen LogP contribution in [0.1, 0.15) is 21.5 Å². The maximum absolute atomic E-state index is 12.2. The van der Waals surface area contributed by atoms with Crippen LogP contribution in [0.25, 0.3) is 10.9 Å². The second-order valence-corrected chi connectivity index (χ2v) is 6.14. The number of nitrogens with zero attached hydrogens (tertiary/aromatic N) is 2. The molecule has 0 aliphatic heterocycles. The minimum atomic E-state index is 0.0335. The lowest BCUT2D eigenvalue weighted by Crippen LogP contribution is -2.03. The van der Waals surface area contributed by atoms with Gasteiger partial charge >= 0.3 is 0 Å². The summed E-state index contributed by atoms with van der Waals surface area (Å²) in [4.78, 5) is 16.8. The second kappa shape index (κ2) is 6.64. The summed E-state index contributed by atoms with van der Waals surface area (Å²) in [6, 6.07) is 19.1. The summed E-state index contributed by atoms with van der Waals surface area (Å²) in [7, 11) is 0. The SMILES string of the molecule is Cc1cccc2cc(C#N)c(SCC(=O)c3ccccc3)nc12. The monoisotopic (exact) mass is 318 g/mol. The van der Waals surface area contributed by atoms with Gasteiger partial charge in [-0.25, -0.2) is 4.98 Å². The Morgan fingerprint density at radius 2 is 1.96 bits per heavy atom. The molecule has 1 heterocycles. The summed E-state index contributed by atoms with van der Waals surface area (Å²) in [6.07, 6.45) is 0. The van der Waals surface area contributed by atoms with Crippen LogP contribution in [0.2, 0.25) is 0 Å². The summed E-state index contributed by atoms with van der Waals surface area (Å²) < 4.78 is 0. The van der Waals surface area contributed by atoms with Crippen molar-refractivity contribution in [1.82, 2.24) is 4.98 Å². The van der Waals surface area contributed by atoms with Gasteiger partial charge in [-0.05, 0) is 18.6 Å². The number of nitriles is 1. The Morgan fingerprint density at radius 3 is 2.70 bits per heavy atom. The highest BCUT2D eigenvalue weighted by atomic mass is 32.2. The lowest BCUT2D eigenvalue weighted by atomic mass is 10.1. The first kappa shape index (κ1) is 15.3. The van der Waals surface area contributed by atoms with Crippen molar-refractivity contribution >= 4 is 28.4 Å². The van der Waals surface area contributed by atoms with Gasteiger partial charge in [0.2, 0.25) is 0 Å². The summed E-state index contributed by atoms with van der Waals surface area (Å²) in [5.74, 6) is 0.300. The van der Waals surface area contributed by atoms with Crippen LogP contribution < -0.4 is 0 Å². The Balaban J connectivity index is 1.89. The molecule has 3 nitrogen and oxygen atoms in total. The van der Waals surface area contributed by atoms with Gasteiger partial charge < -0.3 is 0 Å². The molecular formula is C19H14N2OS. The zero-order valence-electron chi connectivity index (χ0n) is 12.6. The molecule has 0 radical (unpaired) electrons. The zero-order valence-corrected chi connectivity index (χ0v) is 13.4. The number of pyridine rings is 1. The summed E-state index contributed by atoms with van der Waals surface area (Å²) in [5.41, 5.74) is 3.12. The van der Waals surface area contributed by atoms with E-state index in [0.717, 1.165) is 16.5 Å². The van der Waals surface area contributed by atoms with E-state index in [0.29, 0.717) is 16.2 Å².